The lowest BCUT2D eigenvalue weighted by Gasteiger charge is -2.05. The molecule has 0 saturated heterocycles. The van der Waals surface area contributed by atoms with Gasteiger partial charge in [-0.2, -0.15) is 0 Å². The lowest BCUT2D eigenvalue weighted by molar-refractivity contribution is 0.277. The van der Waals surface area contributed by atoms with Gasteiger partial charge in [-0.3, -0.25) is 5.10 Å². The third kappa shape index (κ3) is 2.43. The van der Waals surface area contributed by atoms with Gasteiger partial charge in [0.2, 0.25) is 0 Å². The summed E-state index contributed by atoms with van der Waals surface area (Å²) in [5.74, 6) is -0.385. The summed E-state index contributed by atoms with van der Waals surface area (Å²) >= 11 is 0. The first-order valence-corrected chi connectivity index (χ1v) is 5.91. The lowest BCUT2D eigenvalue weighted by atomic mass is 10.1. The zero-order valence-electron chi connectivity index (χ0n) is 10.4. The Kier molecular flexibility index (Phi) is 3.26. The van der Waals surface area contributed by atoms with Crippen LogP contribution < -0.4 is 0 Å². The molecule has 0 spiro atoms. The van der Waals surface area contributed by atoms with Gasteiger partial charge in [0.25, 0.3) is 0 Å². The lowest BCUT2D eigenvalue weighted by Crippen LogP contribution is -1.96. The number of nitrogens with zero attached hydrogens (tertiary/aromatic N) is 4. The molecule has 6 nitrogen and oxygen atoms in total. The number of aliphatic hydroxyl groups excluding tert-OH is 1. The van der Waals surface area contributed by atoms with Gasteiger partial charge in [-0.1, -0.05) is 11.3 Å². The van der Waals surface area contributed by atoms with Crippen LogP contribution in [0, 0.1) is 12.2 Å². The maximum atomic E-state index is 14.1. The van der Waals surface area contributed by atoms with Crippen LogP contribution >= 0.6 is 0 Å². The predicted octanol–water partition coefficient (Wildman–Crippen LogP) is 1.22. The van der Waals surface area contributed by atoms with Gasteiger partial charge in [0.05, 0.1) is 30.0 Å². The van der Waals surface area contributed by atoms with Crippen LogP contribution in [-0.4, -0.2) is 30.1 Å². The number of benzene rings is 1. The third-order valence-electron chi connectivity index (χ3n) is 2.80. The minimum absolute atomic E-state index is 0.174. The molecular formula is C13H11FN5O. The minimum Gasteiger partial charge on any atom is -0.390 e. The van der Waals surface area contributed by atoms with Crippen LogP contribution in [0.5, 0.6) is 0 Å². The topological polar surface area (TPSA) is 79.6 Å². The molecule has 1 radical (unpaired) electrons. The molecule has 3 rings (SSSR count). The summed E-state index contributed by atoms with van der Waals surface area (Å²) in [7, 11) is 0. The monoisotopic (exact) mass is 272 g/mol. The number of hydrogen-bond donors (Lipinski definition) is 2. The summed E-state index contributed by atoms with van der Waals surface area (Å²) in [6.45, 7) is -0.174. The van der Waals surface area contributed by atoms with Crippen molar-refractivity contribution in [2.24, 2.45) is 0 Å². The largest absolute Gasteiger partial charge is 0.390 e. The maximum absolute atomic E-state index is 14.1. The Morgan fingerprint density at radius 3 is 2.95 bits per heavy atom. The standard InChI is InChI=1S/C13H11FN5O/c14-12-4-9(3-10-5-16-18-17-10)1-2-13(12)19-6-11(7-20)15-8-19/h1-6,8,20H,7H2,(H,16,17,18). The van der Waals surface area contributed by atoms with E-state index in [0.29, 0.717) is 22.6 Å². The van der Waals surface area contributed by atoms with Crippen molar-refractivity contribution in [2.75, 3.05) is 0 Å². The molecule has 2 heterocycles. The van der Waals surface area contributed by atoms with E-state index in [1.165, 1.54) is 17.0 Å². The minimum atomic E-state index is -0.385. The van der Waals surface area contributed by atoms with Crippen molar-refractivity contribution in [2.45, 2.75) is 6.61 Å². The number of halogens is 1. The number of rotatable bonds is 4. The molecule has 0 fully saturated rings. The van der Waals surface area contributed by atoms with Crippen LogP contribution in [0.15, 0.2) is 36.9 Å². The van der Waals surface area contributed by atoms with Gasteiger partial charge in [0, 0.05) is 18.8 Å². The van der Waals surface area contributed by atoms with Crippen molar-refractivity contribution in [3.8, 4) is 5.69 Å². The van der Waals surface area contributed by atoms with Crippen LogP contribution in [0.2, 0.25) is 0 Å². The summed E-state index contributed by atoms with van der Waals surface area (Å²) in [4.78, 5) is 3.95. The van der Waals surface area contributed by atoms with E-state index in [-0.39, 0.29) is 12.4 Å². The third-order valence-corrected chi connectivity index (χ3v) is 2.80. The molecule has 0 bridgehead atoms. The van der Waals surface area contributed by atoms with Crippen molar-refractivity contribution >= 4 is 0 Å². The van der Waals surface area contributed by atoms with Crippen LogP contribution in [0.3, 0.4) is 0 Å². The van der Waals surface area contributed by atoms with E-state index in [9.17, 15) is 4.39 Å². The number of H-pyrrole nitrogens is 1. The first-order valence-electron chi connectivity index (χ1n) is 5.91. The molecule has 0 unspecified atom stereocenters. The second kappa shape index (κ2) is 5.22. The number of hydrogen-bond acceptors (Lipinski definition) is 4. The molecule has 2 N–H and O–H groups in total. The molecule has 1 aromatic carbocycles. The highest BCUT2D eigenvalue weighted by Gasteiger charge is 2.08. The Balaban J connectivity index is 1.87. The molecular weight excluding hydrogens is 261 g/mol. The van der Waals surface area contributed by atoms with Gasteiger partial charge < -0.3 is 9.67 Å². The van der Waals surface area contributed by atoms with Crippen molar-refractivity contribution in [3.05, 3.63) is 66.1 Å². The second-order valence-electron chi connectivity index (χ2n) is 4.18. The molecule has 20 heavy (non-hydrogen) atoms. The van der Waals surface area contributed by atoms with Crippen LogP contribution in [-0.2, 0) is 6.61 Å². The summed E-state index contributed by atoms with van der Waals surface area (Å²) in [6, 6.07) is 4.82. The molecule has 0 atom stereocenters. The summed E-state index contributed by atoms with van der Waals surface area (Å²) in [6.07, 6.45) is 6.38. The molecule has 0 amide bonds. The first-order chi connectivity index (χ1) is 9.76. The molecule has 0 aliphatic heterocycles. The van der Waals surface area contributed by atoms with E-state index in [0.717, 1.165) is 0 Å². The molecule has 101 valence electrons. The fourth-order valence-corrected chi connectivity index (χ4v) is 1.85. The zero-order chi connectivity index (χ0) is 13.9. The number of aromatic amines is 1. The summed E-state index contributed by atoms with van der Waals surface area (Å²) in [5, 5.41) is 18.9. The van der Waals surface area contributed by atoms with Crippen LogP contribution in [0.4, 0.5) is 4.39 Å². The molecule has 7 heteroatoms. The number of aromatic nitrogens is 5. The smallest absolute Gasteiger partial charge is 0.147 e. The van der Waals surface area contributed by atoms with Crippen molar-refractivity contribution in [1.29, 1.82) is 0 Å². The van der Waals surface area contributed by atoms with Gasteiger partial charge in [-0.05, 0) is 17.7 Å². The second-order valence-corrected chi connectivity index (χ2v) is 4.18. The SMILES string of the molecule is OCc1cn(-c2ccc([CH]c3c[nH]nn3)cc2F)cn1. The average Bonchev–Trinajstić information content (AvgIpc) is 3.10. The number of imidazole rings is 1. The fraction of sp³-hybridized carbons (Fsp3) is 0.0769. The van der Waals surface area contributed by atoms with Gasteiger partial charge in [-0.25, -0.2) is 9.37 Å². The normalized spacial score (nSPS) is 10.9. The van der Waals surface area contributed by atoms with E-state index >= 15 is 0 Å². The molecule has 0 aliphatic rings. The Morgan fingerprint density at radius 1 is 1.40 bits per heavy atom. The highest BCUT2D eigenvalue weighted by Crippen LogP contribution is 2.18. The Morgan fingerprint density at radius 2 is 2.30 bits per heavy atom. The van der Waals surface area contributed by atoms with Gasteiger partial charge in [0.1, 0.15) is 5.82 Å². The molecule has 0 saturated carbocycles. The molecule has 3 aromatic rings. The van der Waals surface area contributed by atoms with Crippen LogP contribution in [0.25, 0.3) is 5.69 Å². The van der Waals surface area contributed by atoms with Crippen LogP contribution in [0.1, 0.15) is 17.0 Å². The van der Waals surface area contributed by atoms with E-state index in [2.05, 4.69) is 20.4 Å². The van der Waals surface area contributed by atoms with Gasteiger partial charge in [-0.15, -0.1) is 5.10 Å². The highest BCUT2D eigenvalue weighted by molar-refractivity contribution is 5.41. The van der Waals surface area contributed by atoms with Crippen molar-refractivity contribution in [1.82, 2.24) is 25.0 Å². The van der Waals surface area contributed by atoms with E-state index < -0.39 is 0 Å². The summed E-state index contributed by atoms with van der Waals surface area (Å²) in [5.41, 5.74) is 2.17. The first kappa shape index (κ1) is 12.5. The van der Waals surface area contributed by atoms with Crippen molar-refractivity contribution < 1.29 is 9.50 Å². The average molecular weight is 272 g/mol. The van der Waals surface area contributed by atoms with Crippen molar-refractivity contribution in [3.63, 3.8) is 0 Å². The Hall–Kier alpha value is -2.54. The highest BCUT2D eigenvalue weighted by atomic mass is 19.1. The van der Waals surface area contributed by atoms with E-state index in [1.54, 1.807) is 30.9 Å². The maximum Gasteiger partial charge on any atom is 0.147 e. The number of aliphatic hydroxyl groups is 1. The van der Waals surface area contributed by atoms with Gasteiger partial charge >= 0.3 is 0 Å². The quantitative estimate of drug-likeness (QED) is 0.748. The molecule has 0 aliphatic carbocycles. The fourth-order valence-electron chi connectivity index (χ4n) is 1.85. The Bertz CT molecular complexity index is 707. The number of nitrogens with one attached hydrogen (secondary N) is 1. The van der Waals surface area contributed by atoms with E-state index in [1.807, 2.05) is 0 Å². The van der Waals surface area contributed by atoms with E-state index in [4.69, 9.17) is 5.11 Å². The summed E-state index contributed by atoms with van der Waals surface area (Å²) < 4.78 is 15.6. The predicted molar refractivity (Wildman–Crippen MR) is 68.3 cm³/mol. The molecule has 2 aromatic heterocycles. The Labute approximate surface area is 113 Å². The zero-order valence-corrected chi connectivity index (χ0v) is 10.4. The van der Waals surface area contributed by atoms with Gasteiger partial charge in [0.15, 0.2) is 0 Å².